The highest BCUT2D eigenvalue weighted by Gasteiger charge is 2.52. The number of benzene rings is 1. The van der Waals surface area contributed by atoms with Gasteiger partial charge in [-0.15, -0.1) is 0 Å². The van der Waals surface area contributed by atoms with Crippen molar-refractivity contribution >= 4 is 21.9 Å². The van der Waals surface area contributed by atoms with Crippen molar-refractivity contribution in [2.24, 2.45) is 23.7 Å². The summed E-state index contributed by atoms with van der Waals surface area (Å²) in [6.07, 6.45) is 4.60. The Kier molecular flexibility index (Phi) is 5.02. The molecule has 1 heterocycles. The first kappa shape index (κ1) is 20.1. The highest BCUT2D eigenvalue weighted by Crippen LogP contribution is 2.48. The Hall–Kier alpha value is -2.19. The average Bonchev–Trinajstić information content (AvgIpc) is 3.31. The first-order valence-corrected chi connectivity index (χ1v) is 11.4. The molecule has 2 fully saturated rings. The number of piperazine rings is 1. The number of amides is 1. The minimum atomic E-state index is -3.61. The van der Waals surface area contributed by atoms with E-state index in [9.17, 15) is 23.1 Å². The second-order valence-corrected chi connectivity index (χ2v) is 10.3. The number of aryl methyl sites for hydroxylation is 2. The fraction of sp³-hybridized carbons (Fsp3) is 0.524. The summed E-state index contributed by atoms with van der Waals surface area (Å²) in [6, 6.07) is 5.10. The van der Waals surface area contributed by atoms with Gasteiger partial charge < -0.3 is 10.0 Å². The van der Waals surface area contributed by atoms with Crippen molar-refractivity contribution < 1.29 is 23.1 Å². The van der Waals surface area contributed by atoms with Crippen LogP contribution in [0.5, 0.6) is 0 Å². The lowest BCUT2D eigenvalue weighted by Crippen LogP contribution is -2.53. The Morgan fingerprint density at radius 1 is 0.966 bits per heavy atom. The summed E-state index contributed by atoms with van der Waals surface area (Å²) in [7, 11) is -3.61. The summed E-state index contributed by atoms with van der Waals surface area (Å²) < 4.78 is 27.3. The van der Waals surface area contributed by atoms with Gasteiger partial charge in [-0.05, 0) is 55.4 Å². The predicted molar refractivity (Wildman–Crippen MR) is 107 cm³/mol. The molecule has 1 aliphatic heterocycles. The van der Waals surface area contributed by atoms with E-state index in [2.05, 4.69) is 0 Å². The molecule has 2 bridgehead atoms. The van der Waals surface area contributed by atoms with Gasteiger partial charge in [-0.2, -0.15) is 4.31 Å². The second-order valence-electron chi connectivity index (χ2n) is 8.31. The highest BCUT2D eigenvalue weighted by molar-refractivity contribution is 7.89. The van der Waals surface area contributed by atoms with Crippen LogP contribution in [0.15, 0.2) is 35.2 Å². The van der Waals surface area contributed by atoms with Crippen LogP contribution in [0, 0.1) is 37.5 Å². The summed E-state index contributed by atoms with van der Waals surface area (Å²) in [5, 5.41) is 9.58. The standard InChI is InChI=1S/C21H26N2O5S/c1-13-3-6-17(11-14(13)2)29(27,28)23-9-7-22(8-10-23)20(24)18-15-4-5-16(12-15)19(18)21(25)26/h3-6,11,15-16,18-19H,7-10,12H2,1-2H3,(H,25,26)/t15-,16-,18-,19+/m0/s1. The quantitative estimate of drug-likeness (QED) is 0.751. The van der Waals surface area contributed by atoms with Crippen molar-refractivity contribution in [2.45, 2.75) is 25.2 Å². The molecule has 8 heteroatoms. The summed E-state index contributed by atoms with van der Waals surface area (Å²) in [5.74, 6) is -2.38. The molecule has 156 valence electrons. The van der Waals surface area contributed by atoms with Gasteiger partial charge in [0.2, 0.25) is 15.9 Å². The lowest BCUT2D eigenvalue weighted by Gasteiger charge is -2.37. The zero-order valence-corrected chi connectivity index (χ0v) is 17.4. The van der Waals surface area contributed by atoms with Gasteiger partial charge in [-0.25, -0.2) is 8.42 Å². The van der Waals surface area contributed by atoms with Crippen LogP contribution in [0.4, 0.5) is 0 Å². The van der Waals surface area contributed by atoms with Gasteiger partial charge >= 0.3 is 5.97 Å². The summed E-state index contributed by atoms with van der Waals surface area (Å²) >= 11 is 0. The first-order valence-electron chi connectivity index (χ1n) is 9.97. The molecular formula is C21H26N2O5S. The Bertz CT molecular complexity index is 979. The number of carboxylic acid groups (broad SMARTS) is 1. The van der Waals surface area contributed by atoms with E-state index in [1.807, 2.05) is 26.0 Å². The highest BCUT2D eigenvalue weighted by atomic mass is 32.2. The molecule has 1 amide bonds. The van der Waals surface area contributed by atoms with E-state index in [1.165, 1.54) is 4.31 Å². The van der Waals surface area contributed by atoms with Gasteiger partial charge in [-0.3, -0.25) is 9.59 Å². The Balaban J connectivity index is 1.45. The van der Waals surface area contributed by atoms with Crippen LogP contribution < -0.4 is 0 Å². The second kappa shape index (κ2) is 7.25. The minimum absolute atomic E-state index is 0.0223. The largest absolute Gasteiger partial charge is 0.481 e. The third-order valence-corrected chi connectivity index (χ3v) is 8.59. The molecule has 1 aromatic carbocycles. The Labute approximate surface area is 171 Å². The van der Waals surface area contributed by atoms with Crippen molar-refractivity contribution in [3.05, 3.63) is 41.5 Å². The maximum absolute atomic E-state index is 13.1. The van der Waals surface area contributed by atoms with Gasteiger partial charge in [0, 0.05) is 26.2 Å². The molecule has 1 aromatic rings. The Morgan fingerprint density at radius 3 is 2.17 bits per heavy atom. The molecule has 4 atom stereocenters. The first-order chi connectivity index (χ1) is 13.7. The topological polar surface area (TPSA) is 95.0 Å². The molecule has 0 aromatic heterocycles. The number of carboxylic acids is 1. The van der Waals surface area contributed by atoms with E-state index in [0.29, 0.717) is 6.42 Å². The van der Waals surface area contributed by atoms with Crippen LogP contribution in [0.3, 0.4) is 0 Å². The van der Waals surface area contributed by atoms with Crippen molar-refractivity contribution in [1.82, 2.24) is 9.21 Å². The van der Waals surface area contributed by atoms with Crippen LogP contribution in [0.25, 0.3) is 0 Å². The van der Waals surface area contributed by atoms with Gasteiger partial charge in [0.05, 0.1) is 16.7 Å². The molecule has 0 unspecified atom stereocenters. The van der Waals surface area contributed by atoms with Gasteiger partial charge in [0.1, 0.15) is 0 Å². The normalized spacial score (nSPS) is 29.4. The minimum Gasteiger partial charge on any atom is -0.481 e. The van der Waals surface area contributed by atoms with E-state index in [-0.39, 0.29) is 48.8 Å². The zero-order chi connectivity index (χ0) is 20.9. The average molecular weight is 419 g/mol. The molecule has 3 aliphatic rings. The number of sulfonamides is 1. The van der Waals surface area contributed by atoms with E-state index in [1.54, 1.807) is 23.1 Å². The van der Waals surface area contributed by atoms with Gasteiger partial charge in [0.15, 0.2) is 0 Å². The number of hydrogen-bond donors (Lipinski definition) is 1. The summed E-state index contributed by atoms with van der Waals surface area (Å²) in [6.45, 7) is 4.82. The van der Waals surface area contributed by atoms with Crippen LogP contribution in [-0.2, 0) is 19.6 Å². The number of carbonyl (C=O) groups is 2. The maximum atomic E-state index is 13.1. The number of aliphatic carboxylic acids is 1. The number of rotatable bonds is 4. The molecule has 0 radical (unpaired) electrons. The molecule has 0 spiro atoms. The fourth-order valence-electron chi connectivity index (χ4n) is 4.88. The number of fused-ring (bicyclic) bond motifs is 2. The molecule has 1 N–H and O–H groups in total. The zero-order valence-electron chi connectivity index (χ0n) is 16.6. The molecule has 4 rings (SSSR count). The SMILES string of the molecule is Cc1ccc(S(=O)(=O)N2CCN(C(=O)[C@@H]3[C@H](C(=O)O)[C@H]4C=C[C@H]3C4)CC2)cc1C. The lowest BCUT2D eigenvalue weighted by molar-refractivity contribution is -0.151. The third kappa shape index (κ3) is 3.38. The Morgan fingerprint density at radius 2 is 1.59 bits per heavy atom. The molecular weight excluding hydrogens is 392 g/mol. The number of carbonyl (C=O) groups excluding carboxylic acids is 1. The number of allylic oxidation sites excluding steroid dienone is 2. The van der Waals surface area contributed by atoms with Crippen LogP contribution in [0.1, 0.15) is 17.5 Å². The van der Waals surface area contributed by atoms with Crippen molar-refractivity contribution in [3.8, 4) is 0 Å². The fourth-order valence-corrected chi connectivity index (χ4v) is 6.39. The van der Waals surface area contributed by atoms with Crippen LogP contribution in [-0.4, -0.2) is 60.8 Å². The van der Waals surface area contributed by atoms with Gasteiger partial charge in [-0.1, -0.05) is 18.2 Å². The number of nitrogens with zero attached hydrogens (tertiary/aromatic N) is 2. The molecule has 2 aliphatic carbocycles. The van der Waals surface area contributed by atoms with E-state index in [4.69, 9.17) is 0 Å². The lowest BCUT2D eigenvalue weighted by atomic mass is 9.82. The van der Waals surface area contributed by atoms with Gasteiger partial charge in [0.25, 0.3) is 0 Å². The van der Waals surface area contributed by atoms with Crippen LogP contribution >= 0.6 is 0 Å². The molecule has 7 nitrogen and oxygen atoms in total. The predicted octanol–water partition coefficient (Wildman–Crippen LogP) is 1.66. The van der Waals surface area contributed by atoms with E-state index >= 15 is 0 Å². The van der Waals surface area contributed by atoms with E-state index in [0.717, 1.165) is 11.1 Å². The van der Waals surface area contributed by atoms with Crippen molar-refractivity contribution in [2.75, 3.05) is 26.2 Å². The third-order valence-electron chi connectivity index (χ3n) is 6.70. The van der Waals surface area contributed by atoms with Crippen molar-refractivity contribution in [1.29, 1.82) is 0 Å². The summed E-state index contributed by atoms with van der Waals surface area (Å²) in [5.41, 5.74) is 1.95. The summed E-state index contributed by atoms with van der Waals surface area (Å²) in [4.78, 5) is 26.7. The smallest absolute Gasteiger partial charge is 0.307 e. The van der Waals surface area contributed by atoms with Crippen molar-refractivity contribution in [3.63, 3.8) is 0 Å². The maximum Gasteiger partial charge on any atom is 0.307 e. The van der Waals surface area contributed by atoms with Crippen LogP contribution in [0.2, 0.25) is 0 Å². The monoisotopic (exact) mass is 418 g/mol. The van der Waals surface area contributed by atoms with E-state index < -0.39 is 27.8 Å². The molecule has 29 heavy (non-hydrogen) atoms. The molecule has 1 saturated heterocycles. The molecule has 1 saturated carbocycles. The number of hydrogen-bond acceptors (Lipinski definition) is 4.